The minimum Gasteiger partial charge on any atom is -0.297 e. The number of fused-ring (bicyclic) bond motifs is 1. The fraction of sp³-hybridized carbons (Fsp3) is 0.200. The van der Waals surface area contributed by atoms with Gasteiger partial charge in [0.15, 0.2) is 5.78 Å². The van der Waals surface area contributed by atoms with Gasteiger partial charge < -0.3 is 0 Å². The van der Waals surface area contributed by atoms with Crippen molar-refractivity contribution < 1.29 is 4.79 Å². The number of carbonyl (C=O) groups excluding carboxylic acids is 1. The molecule has 4 aromatic rings. The van der Waals surface area contributed by atoms with Crippen molar-refractivity contribution in [2.75, 3.05) is 0 Å². The van der Waals surface area contributed by atoms with Crippen LogP contribution in [-0.2, 0) is 12.8 Å². The molecular weight excluding hydrogens is 380 g/mol. The molecule has 3 nitrogen and oxygen atoms in total. The van der Waals surface area contributed by atoms with Gasteiger partial charge in [0.05, 0.1) is 5.69 Å². The molecule has 0 amide bonds. The number of halogens is 1. The number of nitrogens with zero attached hydrogens (tertiary/aromatic N) is 2. The van der Waals surface area contributed by atoms with Gasteiger partial charge in [-0.05, 0) is 42.5 Å². The molecule has 0 saturated carbocycles. The summed E-state index contributed by atoms with van der Waals surface area (Å²) in [7, 11) is 0. The summed E-state index contributed by atoms with van der Waals surface area (Å²) >= 11 is 6.07. The molecule has 0 aliphatic rings. The molecule has 0 spiro atoms. The quantitative estimate of drug-likeness (QED) is 0.352. The van der Waals surface area contributed by atoms with Gasteiger partial charge in [0.2, 0.25) is 0 Å². The molecule has 0 aliphatic heterocycles. The lowest BCUT2D eigenvalue weighted by molar-refractivity contribution is 0.0976. The molecule has 4 rings (SSSR count). The van der Waals surface area contributed by atoms with Gasteiger partial charge in [0.1, 0.15) is 11.3 Å². The molecule has 0 radical (unpaired) electrons. The molecule has 0 saturated heterocycles. The van der Waals surface area contributed by atoms with Gasteiger partial charge in [-0.1, -0.05) is 72.6 Å². The summed E-state index contributed by atoms with van der Waals surface area (Å²) in [5.41, 5.74) is 7.03. The van der Waals surface area contributed by atoms with Crippen LogP contribution in [-0.4, -0.2) is 15.2 Å². The maximum absolute atomic E-state index is 13.0. The molecule has 2 aromatic carbocycles. The number of rotatable bonds is 6. The number of carbonyl (C=O) groups is 1. The van der Waals surface area contributed by atoms with Crippen molar-refractivity contribution in [2.45, 2.75) is 33.1 Å². The predicted octanol–water partition coefficient (Wildman–Crippen LogP) is 6.34. The van der Waals surface area contributed by atoms with E-state index in [1.807, 2.05) is 17.5 Å². The van der Waals surface area contributed by atoms with Crippen molar-refractivity contribution in [1.29, 1.82) is 0 Å². The van der Waals surface area contributed by atoms with Crippen LogP contribution >= 0.6 is 11.6 Å². The summed E-state index contributed by atoms with van der Waals surface area (Å²) in [4.78, 5) is 17.6. The number of hydrogen-bond donors (Lipinski definition) is 0. The molecule has 0 fully saturated rings. The second kappa shape index (κ2) is 8.22. The Bertz CT molecular complexity index is 1160. The Kier molecular flexibility index (Phi) is 5.50. The summed E-state index contributed by atoms with van der Waals surface area (Å²) in [5, 5.41) is 0.623. The van der Waals surface area contributed by atoms with E-state index in [0.29, 0.717) is 30.0 Å². The Morgan fingerprint density at radius 2 is 1.66 bits per heavy atom. The smallest absolute Gasteiger partial charge is 0.181 e. The molecule has 0 aliphatic carbocycles. The van der Waals surface area contributed by atoms with Crippen molar-refractivity contribution in [3.8, 4) is 11.1 Å². The van der Waals surface area contributed by atoms with Gasteiger partial charge >= 0.3 is 0 Å². The van der Waals surface area contributed by atoms with Crippen LogP contribution in [0, 0.1) is 6.92 Å². The van der Waals surface area contributed by atoms with E-state index in [1.54, 1.807) is 12.1 Å². The summed E-state index contributed by atoms with van der Waals surface area (Å²) in [6.45, 7) is 4.11. The number of aryl methyl sites for hydroxylation is 3. The van der Waals surface area contributed by atoms with Crippen LogP contribution in [0.15, 0.2) is 66.9 Å². The van der Waals surface area contributed by atoms with Gasteiger partial charge in [0, 0.05) is 23.7 Å². The van der Waals surface area contributed by atoms with Crippen LogP contribution in [0.2, 0.25) is 5.02 Å². The first-order valence-electron chi connectivity index (χ1n) is 9.91. The van der Waals surface area contributed by atoms with Gasteiger partial charge in [0.25, 0.3) is 0 Å². The molecule has 146 valence electrons. The van der Waals surface area contributed by atoms with E-state index in [1.165, 1.54) is 16.7 Å². The van der Waals surface area contributed by atoms with Crippen LogP contribution in [0.5, 0.6) is 0 Å². The fourth-order valence-electron chi connectivity index (χ4n) is 3.60. The Balaban J connectivity index is 1.50. The number of benzene rings is 2. The first-order chi connectivity index (χ1) is 14.0. The molecule has 0 N–H and O–H groups in total. The molecule has 2 heterocycles. The van der Waals surface area contributed by atoms with Gasteiger partial charge in [-0.25, -0.2) is 4.98 Å². The second-order valence-corrected chi connectivity index (χ2v) is 7.76. The summed E-state index contributed by atoms with van der Waals surface area (Å²) in [6.07, 6.45) is 3.70. The highest BCUT2D eigenvalue weighted by Gasteiger charge is 2.18. The van der Waals surface area contributed by atoms with Gasteiger partial charge in [-0.3, -0.25) is 9.20 Å². The number of imidazole rings is 1. The van der Waals surface area contributed by atoms with Crippen LogP contribution in [0.3, 0.4) is 0 Å². The minimum atomic E-state index is 0.110. The Morgan fingerprint density at radius 3 is 2.31 bits per heavy atom. The third kappa shape index (κ3) is 4.10. The molecule has 2 aromatic heterocycles. The van der Waals surface area contributed by atoms with Crippen LogP contribution < -0.4 is 0 Å². The standard InChI is InChI=1S/C25H23ClN2O/c1-3-22-25(28-15-14-21(26)16-24(28)27-22)23(29)13-8-18-6-11-20(12-7-18)19-9-4-17(2)5-10-19/h4-7,9-12,14-16H,3,8,13H2,1-2H3. The largest absolute Gasteiger partial charge is 0.297 e. The zero-order valence-corrected chi connectivity index (χ0v) is 17.4. The highest BCUT2D eigenvalue weighted by Crippen LogP contribution is 2.22. The zero-order chi connectivity index (χ0) is 20.4. The number of hydrogen-bond acceptors (Lipinski definition) is 2. The van der Waals surface area contributed by atoms with Crippen LogP contribution in [0.4, 0.5) is 0 Å². The first kappa shape index (κ1) is 19.4. The van der Waals surface area contributed by atoms with Crippen LogP contribution in [0.25, 0.3) is 16.8 Å². The first-order valence-corrected chi connectivity index (χ1v) is 10.3. The average molecular weight is 403 g/mol. The van der Waals surface area contributed by atoms with E-state index in [0.717, 1.165) is 16.9 Å². The normalized spacial score (nSPS) is 11.1. The van der Waals surface area contributed by atoms with Crippen LogP contribution in [0.1, 0.15) is 40.7 Å². The topological polar surface area (TPSA) is 34.4 Å². The maximum atomic E-state index is 13.0. The third-order valence-electron chi connectivity index (χ3n) is 5.24. The van der Waals surface area contributed by atoms with Crippen molar-refractivity contribution in [3.05, 3.63) is 94.4 Å². The monoisotopic (exact) mass is 402 g/mol. The molecular formula is C25H23ClN2O. The van der Waals surface area contributed by atoms with E-state index in [9.17, 15) is 4.79 Å². The molecule has 0 atom stereocenters. The SMILES string of the molecule is CCc1nc2cc(Cl)ccn2c1C(=O)CCc1ccc(-c2ccc(C)cc2)cc1. The molecule has 29 heavy (non-hydrogen) atoms. The second-order valence-electron chi connectivity index (χ2n) is 7.32. The van der Waals surface area contributed by atoms with Gasteiger partial charge in [-0.2, -0.15) is 0 Å². The van der Waals surface area contributed by atoms with E-state index in [-0.39, 0.29) is 5.78 Å². The Morgan fingerprint density at radius 1 is 1.00 bits per heavy atom. The minimum absolute atomic E-state index is 0.110. The number of ketones is 1. The van der Waals surface area contributed by atoms with E-state index >= 15 is 0 Å². The lowest BCUT2D eigenvalue weighted by Crippen LogP contribution is -2.07. The molecule has 4 heteroatoms. The Labute approximate surface area is 176 Å². The summed E-state index contributed by atoms with van der Waals surface area (Å²) in [6, 6.07) is 20.6. The zero-order valence-electron chi connectivity index (χ0n) is 16.7. The van der Waals surface area contributed by atoms with Crippen molar-refractivity contribution in [2.24, 2.45) is 0 Å². The summed E-state index contributed by atoms with van der Waals surface area (Å²) < 4.78 is 1.85. The maximum Gasteiger partial charge on any atom is 0.181 e. The third-order valence-corrected chi connectivity index (χ3v) is 5.47. The average Bonchev–Trinajstić information content (AvgIpc) is 3.10. The fourth-order valence-corrected chi connectivity index (χ4v) is 3.75. The lowest BCUT2D eigenvalue weighted by atomic mass is 10.00. The number of pyridine rings is 1. The Hall–Kier alpha value is -2.91. The summed E-state index contributed by atoms with van der Waals surface area (Å²) in [5.74, 6) is 0.110. The highest BCUT2D eigenvalue weighted by molar-refractivity contribution is 6.30. The van der Waals surface area contributed by atoms with E-state index < -0.39 is 0 Å². The lowest BCUT2D eigenvalue weighted by Gasteiger charge is -2.06. The van der Waals surface area contributed by atoms with Gasteiger partial charge in [-0.15, -0.1) is 0 Å². The molecule has 0 bridgehead atoms. The molecule has 0 unspecified atom stereocenters. The van der Waals surface area contributed by atoms with Crippen molar-refractivity contribution >= 4 is 23.0 Å². The van der Waals surface area contributed by atoms with Crippen molar-refractivity contribution in [1.82, 2.24) is 9.38 Å². The highest BCUT2D eigenvalue weighted by atomic mass is 35.5. The predicted molar refractivity (Wildman–Crippen MR) is 119 cm³/mol. The van der Waals surface area contributed by atoms with E-state index in [4.69, 9.17) is 11.6 Å². The van der Waals surface area contributed by atoms with E-state index in [2.05, 4.69) is 60.4 Å². The van der Waals surface area contributed by atoms with Crippen molar-refractivity contribution in [3.63, 3.8) is 0 Å². The number of Topliss-reactive ketones (excluding diaryl/α,β-unsaturated/α-hetero) is 1. The number of aromatic nitrogens is 2.